The molecule has 1 fully saturated rings. The molecule has 0 spiro atoms. The zero-order chi connectivity index (χ0) is 12.1. The predicted molar refractivity (Wildman–Crippen MR) is 63.7 cm³/mol. The maximum atomic E-state index is 12.9. The Morgan fingerprint density at radius 3 is 2.88 bits per heavy atom. The molecule has 1 aromatic carbocycles. The lowest BCUT2D eigenvalue weighted by Gasteiger charge is -2.09. The van der Waals surface area contributed by atoms with Gasteiger partial charge in [0.1, 0.15) is 0 Å². The first-order valence-corrected chi connectivity index (χ1v) is 6.11. The summed E-state index contributed by atoms with van der Waals surface area (Å²) in [5.41, 5.74) is 0.786. The van der Waals surface area contributed by atoms with Gasteiger partial charge in [0.25, 0.3) is 0 Å². The van der Waals surface area contributed by atoms with E-state index in [-0.39, 0.29) is 0 Å². The molecular weight excluding hydrogens is 222 g/mol. The molecule has 0 amide bonds. The highest BCUT2D eigenvalue weighted by Gasteiger charge is 2.13. The van der Waals surface area contributed by atoms with Crippen LogP contribution in [-0.2, 0) is 6.54 Å². The molecule has 0 aliphatic carbocycles. The molecule has 4 heteroatoms. The number of rotatable bonds is 5. The zero-order valence-corrected chi connectivity index (χ0v) is 9.81. The van der Waals surface area contributed by atoms with Crippen LogP contribution >= 0.6 is 0 Å². The minimum Gasteiger partial charge on any atom is -0.316 e. The predicted octanol–water partition coefficient (Wildman–Crippen LogP) is 2.05. The highest BCUT2D eigenvalue weighted by atomic mass is 19.2. The van der Waals surface area contributed by atoms with Crippen LogP contribution in [0.3, 0.4) is 0 Å². The van der Waals surface area contributed by atoms with Gasteiger partial charge in [-0.05, 0) is 56.1 Å². The summed E-state index contributed by atoms with van der Waals surface area (Å²) in [5.74, 6) is -0.803. The third-order valence-corrected chi connectivity index (χ3v) is 3.20. The summed E-state index contributed by atoms with van der Waals surface area (Å²) in [5, 5.41) is 6.58. The van der Waals surface area contributed by atoms with Crippen LogP contribution in [0.1, 0.15) is 18.4 Å². The summed E-state index contributed by atoms with van der Waals surface area (Å²) in [7, 11) is 0. The maximum Gasteiger partial charge on any atom is 0.159 e. The van der Waals surface area contributed by atoms with Gasteiger partial charge in [0.2, 0.25) is 0 Å². The van der Waals surface area contributed by atoms with Crippen LogP contribution in [0.4, 0.5) is 8.78 Å². The Morgan fingerprint density at radius 1 is 1.29 bits per heavy atom. The van der Waals surface area contributed by atoms with Gasteiger partial charge in [0.15, 0.2) is 11.6 Å². The second-order valence-corrected chi connectivity index (χ2v) is 4.57. The summed E-state index contributed by atoms with van der Waals surface area (Å²) in [6.45, 7) is 3.74. The normalized spacial score (nSPS) is 19.8. The molecule has 1 unspecified atom stereocenters. The second kappa shape index (κ2) is 6.07. The van der Waals surface area contributed by atoms with Gasteiger partial charge in [-0.3, -0.25) is 0 Å². The SMILES string of the molecule is Fc1ccc(CNCCC2CCNC2)cc1F. The summed E-state index contributed by atoms with van der Waals surface area (Å²) < 4.78 is 25.6. The van der Waals surface area contributed by atoms with E-state index >= 15 is 0 Å². The average Bonchev–Trinajstić information content (AvgIpc) is 2.82. The molecule has 94 valence electrons. The van der Waals surface area contributed by atoms with Gasteiger partial charge in [-0.25, -0.2) is 8.78 Å². The van der Waals surface area contributed by atoms with E-state index in [0.29, 0.717) is 6.54 Å². The Morgan fingerprint density at radius 2 is 2.18 bits per heavy atom. The molecule has 0 aromatic heterocycles. The average molecular weight is 240 g/mol. The summed E-state index contributed by atoms with van der Waals surface area (Å²) >= 11 is 0. The molecule has 0 radical (unpaired) electrons. The number of hydrogen-bond donors (Lipinski definition) is 2. The fraction of sp³-hybridized carbons (Fsp3) is 0.538. The van der Waals surface area contributed by atoms with Crippen LogP contribution in [0, 0.1) is 17.6 Å². The van der Waals surface area contributed by atoms with Crippen LogP contribution in [0.25, 0.3) is 0 Å². The third kappa shape index (κ3) is 3.75. The molecule has 2 rings (SSSR count). The molecule has 1 aliphatic heterocycles. The monoisotopic (exact) mass is 240 g/mol. The van der Waals surface area contributed by atoms with Crippen LogP contribution in [0.2, 0.25) is 0 Å². The lowest BCUT2D eigenvalue weighted by Crippen LogP contribution is -2.19. The fourth-order valence-electron chi connectivity index (χ4n) is 2.15. The number of hydrogen-bond acceptors (Lipinski definition) is 2. The van der Waals surface area contributed by atoms with E-state index in [4.69, 9.17) is 0 Å². The summed E-state index contributed by atoms with van der Waals surface area (Å²) in [6.07, 6.45) is 2.38. The summed E-state index contributed by atoms with van der Waals surface area (Å²) in [6, 6.07) is 4.04. The van der Waals surface area contributed by atoms with Crippen molar-refractivity contribution in [3.8, 4) is 0 Å². The first-order chi connectivity index (χ1) is 8.25. The number of nitrogens with one attached hydrogen (secondary N) is 2. The first kappa shape index (κ1) is 12.5. The van der Waals surface area contributed by atoms with Crippen LogP contribution in [0.15, 0.2) is 18.2 Å². The highest BCUT2D eigenvalue weighted by Crippen LogP contribution is 2.11. The van der Waals surface area contributed by atoms with Gasteiger partial charge in [0, 0.05) is 6.54 Å². The van der Waals surface area contributed by atoms with E-state index in [2.05, 4.69) is 10.6 Å². The minimum atomic E-state index is -0.786. The Hall–Kier alpha value is -1.00. The molecule has 1 aliphatic rings. The largest absolute Gasteiger partial charge is 0.316 e. The molecule has 0 saturated carbocycles. The lowest BCUT2D eigenvalue weighted by atomic mass is 10.1. The minimum absolute atomic E-state index is 0.595. The molecule has 1 aromatic rings. The standard InChI is InChI=1S/C13H18F2N2/c14-12-2-1-11(7-13(12)15)9-17-6-4-10-3-5-16-8-10/h1-2,7,10,16-17H,3-6,8-9H2. The zero-order valence-electron chi connectivity index (χ0n) is 9.81. The third-order valence-electron chi connectivity index (χ3n) is 3.20. The van der Waals surface area contributed by atoms with Gasteiger partial charge in [0.05, 0.1) is 0 Å². The van der Waals surface area contributed by atoms with Crippen molar-refractivity contribution in [2.24, 2.45) is 5.92 Å². The van der Waals surface area contributed by atoms with Crippen LogP contribution < -0.4 is 10.6 Å². The van der Waals surface area contributed by atoms with E-state index in [1.54, 1.807) is 6.07 Å². The first-order valence-electron chi connectivity index (χ1n) is 6.11. The smallest absolute Gasteiger partial charge is 0.159 e. The highest BCUT2D eigenvalue weighted by molar-refractivity contribution is 5.17. The topological polar surface area (TPSA) is 24.1 Å². The van der Waals surface area contributed by atoms with Crippen molar-refractivity contribution in [3.63, 3.8) is 0 Å². The molecule has 0 bridgehead atoms. The van der Waals surface area contributed by atoms with Crippen molar-refractivity contribution in [1.29, 1.82) is 0 Å². The Kier molecular flexibility index (Phi) is 4.45. The van der Waals surface area contributed by atoms with Crippen molar-refractivity contribution < 1.29 is 8.78 Å². The van der Waals surface area contributed by atoms with Crippen LogP contribution in [-0.4, -0.2) is 19.6 Å². The van der Waals surface area contributed by atoms with Gasteiger partial charge >= 0.3 is 0 Å². The lowest BCUT2D eigenvalue weighted by molar-refractivity contribution is 0.494. The fourth-order valence-corrected chi connectivity index (χ4v) is 2.15. The molecule has 1 saturated heterocycles. The van der Waals surface area contributed by atoms with Crippen molar-refractivity contribution >= 4 is 0 Å². The molecular formula is C13H18F2N2. The molecule has 1 heterocycles. The Bertz CT molecular complexity index is 362. The van der Waals surface area contributed by atoms with Crippen molar-refractivity contribution in [1.82, 2.24) is 10.6 Å². The maximum absolute atomic E-state index is 12.9. The second-order valence-electron chi connectivity index (χ2n) is 4.57. The molecule has 17 heavy (non-hydrogen) atoms. The van der Waals surface area contributed by atoms with E-state index in [1.165, 1.54) is 18.6 Å². The quantitative estimate of drug-likeness (QED) is 0.770. The van der Waals surface area contributed by atoms with Gasteiger partial charge in [-0.2, -0.15) is 0 Å². The van der Waals surface area contributed by atoms with Crippen molar-refractivity contribution in [2.75, 3.05) is 19.6 Å². The Labute approximate surface area is 100 Å². The van der Waals surface area contributed by atoms with E-state index in [0.717, 1.165) is 37.5 Å². The van der Waals surface area contributed by atoms with E-state index in [1.807, 2.05) is 0 Å². The molecule has 1 atom stereocenters. The Balaban J connectivity index is 1.68. The molecule has 2 N–H and O–H groups in total. The number of benzene rings is 1. The van der Waals surface area contributed by atoms with Gasteiger partial charge < -0.3 is 10.6 Å². The molecule has 2 nitrogen and oxygen atoms in total. The van der Waals surface area contributed by atoms with Crippen molar-refractivity contribution in [2.45, 2.75) is 19.4 Å². The van der Waals surface area contributed by atoms with E-state index in [9.17, 15) is 8.78 Å². The number of halogens is 2. The summed E-state index contributed by atoms with van der Waals surface area (Å²) in [4.78, 5) is 0. The van der Waals surface area contributed by atoms with Gasteiger partial charge in [-0.1, -0.05) is 6.07 Å². The van der Waals surface area contributed by atoms with Gasteiger partial charge in [-0.15, -0.1) is 0 Å². The van der Waals surface area contributed by atoms with Crippen LogP contribution in [0.5, 0.6) is 0 Å². The van der Waals surface area contributed by atoms with E-state index < -0.39 is 11.6 Å². The van der Waals surface area contributed by atoms with Crippen molar-refractivity contribution in [3.05, 3.63) is 35.4 Å².